The van der Waals surface area contributed by atoms with E-state index >= 15 is 0 Å². The minimum absolute atomic E-state index is 0.213. The lowest BCUT2D eigenvalue weighted by atomic mass is 10.1. The van der Waals surface area contributed by atoms with Gasteiger partial charge in [0.15, 0.2) is 6.61 Å². The van der Waals surface area contributed by atoms with Gasteiger partial charge in [-0.2, -0.15) is 9.62 Å². The zero-order valence-electron chi connectivity index (χ0n) is 20.2. The van der Waals surface area contributed by atoms with Crippen molar-refractivity contribution in [3.8, 4) is 11.8 Å². The maximum absolute atomic E-state index is 12.5. The molecule has 2 aromatic carbocycles. The van der Waals surface area contributed by atoms with Crippen LogP contribution in [0.2, 0.25) is 0 Å². The highest BCUT2D eigenvalue weighted by atomic mass is 32.2. The second-order valence-corrected chi connectivity index (χ2v) is 10.6. The Morgan fingerprint density at radius 3 is 2.60 bits per heavy atom. The SMILES string of the molecule is CCC#N.CCc1ccc(Nc2ncnc3cc(N=S4(=O)CCC4)cc(C)c23)c(OCC(N)=O)c1. The zero-order chi connectivity index (χ0) is 25.4. The predicted molar refractivity (Wildman–Crippen MR) is 139 cm³/mol. The minimum atomic E-state index is -2.10. The quantitative estimate of drug-likeness (QED) is 0.491. The molecule has 9 nitrogen and oxygen atoms in total. The van der Waals surface area contributed by atoms with E-state index in [2.05, 4.69) is 19.6 Å². The van der Waals surface area contributed by atoms with Crippen molar-refractivity contribution in [2.75, 3.05) is 23.4 Å². The third kappa shape index (κ3) is 6.67. The van der Waals surface area contributed by atoms with Crippen molar-refractivity contribution in [3.63, 3.8) is 0 Å². The number of aryl methyl sites for hydroxylation is 2. The number of hydrogen-bond acceptors (Lipinski definition) is 8. The Morgan fingerprint density at radius 1 is 1.26 bits per heavy atom. The number of carbonyl (C=O) groups is 1. The van der Waals surface area contributed by atoms with E-state index in [4.69, 9.17) is 15.7 Å². The van der Waals surface area contributed by atoms with E-state index in [0.29, 0.717) is 46.4 Å². The van der Waals surface area contributed by atoms with E-state index in [9.17, 15) is 9.00 Å². The van der Waals surface area contributed by atoms with Crippen LogP contribution in [0.5, 0.6) is 5.75 Å². The summed E-state index contributed by atoms with van der Waals surface area (Å²) in [5, 5.41) is 11.8. The molecule has 0 bridgehead atoms. The molecule has 0 unspecified atom stereocenters. The van der Waals surface area contributed by atoms with Gasteiger partial charge in [0, 0.05) is 23.3 Å². The van der Waals surface area contributed by atoms with Crippen LogP contribution in [0.3, 0.4) is 0 Å². The molecular formula is C25H30N6O3S. The van der Waals surface area contributed by atoms with Crippen LogP contribution >= 0.6 is 0 Å². The van der Waals surface area contributed by atoms with E-state index in [1.165, 1.54) is 6.33 Å². The minimum Gasteiger partial charge on any atom is -0.482 e. The number of rotatable bonds is 7. The highest BCUT2D eigenvalue weighted by Crippen LogP contribution is 2.34. The maximum Gasteiger partial charge on any atom is 0.255 e. The van der Waals surface area contributed by atoms with Crippen LogP contribution in [0.1, 0.15) is 37.8 Å². The Morgan fingerprint density at radius 2 is 2.00 bits per heavy atom. The van der Waals surface area contributed by atoms with Crippen LogP contribution in [0.4, 0.5) is 17.2 Å². The molecule has 0 saturated carbocycles. The van der Waals surface area contributed by atoms with Gasteiger partial charge >= 0.3 is 0 Å². The molecule has 0 atom stereocenters. The van der Waals surface area contributed by atoms with Crippen molar-refractivity contribution in [2.45, 2.75) is 40.0 Å². The van der Waals surface area contributed by atoms with Crippen LogP contribution < -0.4 is 15.8 Å². The van der Waals surface area contributed by atoms with E-state index in [1.54, 1.807) is 0 Å². The van der Waals surface area contributed by atoms with E-state index < -0.39 is 15.6 Å². The molecule has 3 N–H and O–H groups in total. The number of primary amides is 1. The summed E-state index contributed by atoms with van der Waals surface area (Å²) in [6.45, 7) is 5.60. The van der Waals surface area contributed by atoms with Gasteiger partial charge in [0.2, 0.25) is 0 Å². The first-order valence-electron chi connectivity index (χ1n) is 11.4. The van der Waals surface area contributed by atoms with Crippen LogP contribution in [0, 0.1) is 18.3 Å². The molecule has 1 aliphatic rings. The lowest BCUT2D eigenvalue weighted by molar-refractivity contribution is -0.119. The van der Waals surface area contributed by atoms with Gasteiger partial charge < -0.3 is 15.8 Å². The molecule has 184 valence electrons. The lowest BCUT2D eigenvalue weighted by Crippen LogP contribution is -2.22. The third-order valence-electron chi connectivity index (χ3n) is 5.35. The molecule has 1 aromatic heterocycles. The van der Waals surface area contributed by atoms with Crippen molar-refractivity contribution < 1.29 is 13.7 Å². The van der Waals surface area contributed by atoms with E-state index in [-0.39, 0.29) is 6.61 Å². The van der Waals surface area contributed by atoms with Gasteiger partial charge in [0.25, 0.3) is 5.91 Å². The summed E-state index contributed by atoms with van der Waals surface area (Å²) in [5.41, 5.74) is 9.30. The summed E-state index contributed by atoms with van der Waals surface area (Å²) in [7, 11) is -2.10. The number of anilines is 2. The van der Waals surface area contributed by atoms with E-state index in [1.807, 2.05) is 57.2 Å². The second-order valence-electron chi connectivity index (χ2n) is 8.08. The predicted octanol–water partition coefficient (Wildman–Crippen LogP) is 4.53. The molecule has 4 rings (SSSR count). The number of benzene rings is 2. The molecule has 0 spiro atoms. The monoisotopic (exact) mass is 494 g/mol. The number of nitriles is 1. The molecule has 10 heteroatoms. The molecular weight excluding hydrogens is 464 g/mol. The van der Waals surface area contributed by atoms with Crippen molar-refractivity contribution in [1.82, 2.24) is 9.97 Å². The summed E-state index contributed by atoms with van der Waals surface area (Å²) in [5.74, 6) is 1.90. The Balaban J connectivity index is 0.000000795. The average Bonchev–Trinajstić information content (AvgIpc) is 2.82. The number of ether oxygens (including phenoxy) is 1. The fourth-order valence-corrected chi connectivity index (χ4v) is 4.94. The first-order valence-corrected chi connectivity index (χ1v) is 13.3. The smallest absolute Gasteiger partial charge is 0.255 e. The summed E-state index contributed by atoms with van der Waals surface area (Å²) >= 11 is 0. The number of nitrogens with two attached hydrogens (primary N) is 1. The molecule has 0 radical (unpaired) electrons. The van der Waals surface area contributed by atoms with Crippen LogP contribution in [0.25, 0.3) is 10.9 Å². The van der Waals surface area contributed by atoms with Crippen molar-refractivity contribution >= 4 is 43.7 Å². The van der Waals surface area contributed by atoms with Gasteiger partial charge in [-0.05, 0) is 55.2 Å². The van der Waals surface area contributed by atoms with Gasteiger partial charge in [-0.1, -0.05) is 19.9 Å². The third-order valence-corrected chi connectivity index (χ3v) is 7.75. The van der Waals surface area contributed by atoms with Crippen molar-refractivity contribution in [2.24, 2.45) is 10.1 Å². The Hall–Kier alpha value is -3.71. The molecule has 1 aliphatic heterocycles. The number of fused-ring (bicyclic) bond motifs is 1. The number of amides is 1. The van der Waals surface area contributed by atoms with Crippen LogP contribution in [0.15, 0.2) is 41.0 Å². The largest absolute Gasteiger partial charge is 0.482 e. The van der Waals surface area contributed by atoms with Gasteiger partial charge in [0.1, 0.15) is 17.9 Å². The molecule has 35 heavy (non-hydrogen) atoms. The number of hydrogen-bond donors (Lipinski definition) is 2. The second kappa shape index (κ2) is 11.6. The average molecular weight is 495 g/mol. The molecule has 3 aromatic rings. The van der Waals surface area contributed by atoms with Gasteiger partial charge in [-0.25, -0.2) is 14.2 Å². The summed E-state index contributed by atoms with van der Waals surface area (Å²) in [6.07, 6.45) is 3.89. The molecule has 1 fully saturated rings. The standard InChI is InChI=1S/C22H25N5O3S.C3H5N/c1-3-15-5-6-17(19(10-15)30-12-20(23)28)26-22-21-14(2)9-16(11-18(21)24-13-25-22)27-31(29)7-4-8-31;1-2-3-4/h5-6,9-11,13H,3-4,7-8,12H2,1-2H3,(H2,23,28)(H,24,25,26);2H2,1H3. The van der Waals surface area contributed by atoms with Crippen LogP contribution in [-0.4, -0.2) is 38.2 Å². The maximum atomic E-state index is 12.5. The van der Waals surface area contributed by atoms with E-state index in [0.717, 1.165) is 29.4 Å². The first-order chi connectivity index (χ1) is 16.8. The molecule has 2 heterocycles. The first kappa shape index (κ1) is 25.9. The highest BCUT2D eigenvalue weighted by molar-refractivity contribution is 7.95. The number of nitrogens with one attached hydrogen (secondary N) is 1. The molecule has 1 amide bonds. The van der Waals surface area contributed by atoms with Crippen molar-refractivity contribution in [1.29, 1.82) is 5.26 Å². The topological polar surface area (TPSA) is 143 Å². The Kier molecular flexibility index (Phi) is 8.60. The van der Waals surface area contributed by atoms with Gasteiger partial charge in [-0.3, -0.25) is 4.79 Å². The summed E-state index contributed by atoms with van der Waals surface area (Å²) in [6, 6.07) is 11.4. The number of carbonyl (C=O) groups excluding carboxylic acids is 1. The fraction of sp³-hybridized carbons (Fsp3) is 0.360. The van der Waals surface area contributed by atoms with Crippen molar-refractivity contribution in [3.05, 3.63) is 47.8 Å². The summed E-state index contributed by atoms with van der Waals surface area (Å²) in [4.78, 5) is 20.0. The Bertz CT molecular complexity index is 1380. The normalized spacial score (nSPS) is 13.5. The molecule has 0 aliphatic carbocycles. The summed E-state index contributed by atoms with van der Waals surface area (Å²) < 4.78 is 22.6. The Labute approximate surface area is 205 Å². The van der Waals surface area contributed by atoms with Crippen LogP contribution in [-0.2, 0) is 20.9 Å². The number of aromatic nitrogens is 2. The zero-order valence-corrected chi connectivity index (χ0v) is 21.0. The molecule has 1 saturated heterocycles. The fourth-order valence-electron chi connectivity index (χ4n) is 3.48. The highest BCUT2D eigenvalue weighted by Gasteiger charge is 2.20. The van der Waals surface area contributed by atoms with Gasteiger partial charge in [-0.15, -0.1) is 0 Å². The lowest BCUT2D eigenvalue weighted by Gasteiger charge is -2.18. The van der Waals surface area contributed by atoms with Gasteiger partial charge in [0.05, 0.1) is 32.7 Å². The number of nitrogens with zero attached hydrogens (tertiary/aromatic N) is 4.